The molecule has 4 aliphatic rings. The predicted molar refractivity (Wildman–Crippen MR) is 642 cm³/mol. The molecule has 0 heterocycles. The lowest BCUT2D eigenvalue weighted by molar-refractivity contribution is 0.590. The van der Waals surface area contributed by atoms with Crippen LogP contribution in [-0.2, 0) is 10.8 Å². The first-order valence-electron chi connectivity index (χ1n) is 52.6. The molecule has 0 aromatic heterocycles. The van der Waals surface area contributed by atoms with Gasteiger partial charge in [-0.2, -0.15) is 0 Å². The van der Waals surface area contributed by atoms with Crippen LogP contribution < -0.4 is 0 Å². The molecule has 25 aromatic carbocycles. The van der Waals surface area contributed by atoms with Gasteiger partial charge in [0.05, 0.1) is 0 Å². The zero-order valence-electron chi connectivity index (χ0n) is 85.0. The van der Waals surface area contributed by atoms with Crippen LogP contribution in [0, 0.1) is 0 Å². The fourth-order valence-corrected chi connectivity index (χ4v) is 24.0. The highest BCUT2D eigenvalue weighted by Gasteiger charge is 2.32. The summed E-state index contributed by atoms with van der Waals surface area (Å²) in [6, 6.07) is 200. The highest BCUT2D eigenvalue weighted by Crippen LogP contribution is 2.57. The predicted octanol–water partition coefficient (Wildman–Crippen LogP) is 42.2. The normalized spacial score (nSPS) is 11.8. The lowest BCUT2D eigenvalue weighted by Crippen LogP contribution is -2.10. The van der Waals surface area contributed by atoms with Crippen molar-refractivity contribution in [2.24, 2.45) is 0 Å². The molecular weight excluding hydrogens is 1800 g/mol. The van der Waals surface area contributed by atoms with Gasteiger partial charge < -0.3 is 0 Å². The van der Waals surface area contributed by atoms with Crippen molar-refractivity contribution in [3.63, 3.8) is 0 Å². The molecule has 4 aliphatic carbocycles. The molecule has 0 spiro atoms. The molecule has 0 radical (unpaired) electrons. The van der Waals surface area contributed by atoms with E-state index in [0.29, 0.717) is 0 Å². The van der Waals surface area contributed by atoms with E-state index in [2.05, 4.69) is 588 Å². The van der Waals surface area contributed by atoms with Gasteiger partial charge in [0.2, 0.25) is 0 Å². The summed E-state index contributed by atoms with van der Waals surface area (Å²) in [5.74, 6) is 0. The summed E-state index contributed by atoms with van der Waals surface area (Å²) in [4.78, 5) is 0. The Hall–Kier alpha value is -18.5. The summed E-state index contributed by atoms with van der Waals surface area (Å²) in [6.45, 7) is 13.7. The number of rotatable bonds is 13. The second kappa shape index (κ2) is 38.2. The second-order valence-electron chi connectivity index (χ2n) is 42.2. The fourth-order valence-electron chi connectivity index (χ4n) is 24.0. The third-order valence-electron chi connectivity index (χ3n) is 31.3. The molecule has 0 unspecified atom stereocenters. The van der Waals surface area contributed by atoms with E-state index in [0.717, 1.165) is 0 Å². The van der Waals surface area contributed by atoms with E-state index in [4.69, 9.17) is 0 Å². The summed E-state index contributed by atoms with van der Waals surface area (Å²) < 4.78 is 0. The zero-order valence-corrected chi connectivity index (χ0v) is 85.0. The van der Waals surface area contributed by atoms with Gasteiger partial charge in [0.1, 0.15) is 0 Å². The third-order valence-corrected chi connectivity index (χ3v) is 31.3. The molecule has 0 saturated carbocycles. The molecule has 0 nitrogen and oxygen atoms in total. The molecule has 0 fully saturated rings. The van der Waals surface area contributed by atoms with Gasteiger partial charge in [0.25, 0.3) is 0 Å². The summed E-state index contributed by atoms with van der Waals surface area (Å²) in [5.41, 5.74) is 57.1. The average Bonchev–Trinajstić information content (AvgIpc) is 1.58. The van der Waals surface area contributed by atoms with Crippen LogP contribution in [0.15, 0.2) is 546 Å². The first-order chi connectivity index (χ1) is 73.7. The zero-order chi connectivity index (χ0) is 101. The summed E-state index contributed by atoms with van der Waals surface area (Å²) in [6.07, 6.45) is 0. The van der Waals surface area contributed by atoms with E-state index < -0.39 is 0 Å². The van der Waals surface area contributed by atoms with Gasteiger partial charge in [-0.3, -0.25) is 0 Å². The molecule has 25 aromatic rings. The minimum Gasteiger partial charge on any atom is -0.0622 e. The van der Waals surface area contributed by atoms with E-state index in [1.807, 2.05) is 0 Å². The summed E-state index contributed by atoms with van der Waals surface area (Å²) in [7, 11) is 0. The third kappa shape index (κ3) is 16.5. The Bertz CT molecular complexity index is 9540. The first-order valence-corrected chi connectivity index (χ1v) is 52.6. The fraction of sp³-hybridized carbons (Fsp3) is 0.0533. The Balaban J connectivity index is 0.000000101. The van der Waals surface area contributed by atoms with Gasteiger partial charge in [-0.05, 0) is 329 Å². The molecule has 708 valence electrons. The van der Waals surface area contributed by atoms with Gasteiger partial charge in [0.15, 0.2) is 0 Å². The highest BCUT2D eigenvalue weighted by atomic mass is 14.3. The Morgan fingerprint density at radius 3 is 0.560 bits per heavy atom. The Kier molecular flexibility index (Phi) is 23.3. The van der Waals surface area contributed by atoms with E-state index in [-0.39, 0.29) is 10.8 Å². The molecule has 0 bridgehead atoms. The van der Waals surface area contributed by atoms with Crippen LogP contribution in [0.3, 0.4) is 0 Å². The maximum Gasteiger partial charge on any atom is -0.00201 e. The standard InChI is InChI=1S/2C40H26.C38H30.C32H26/c1-2-11-27(12-3-1)28-13-8-14-29(25-28)30-15-9-16-31(26-30)32-17-4-5-18-33(32)36-23-24-39-35-20-7-6-19-34(35)37-21-10-22-38(36)40(37)39;1-2-12-27(13-3-1)30-16-4-5-17-31(30)28-14-10-15-29(26-28)32-18-6-7-19-33(32)36-24-25-39-35-21-9-8-20-34(35)37-22-11-23-38(36)40(37)39;1-38(2,3)28-20-21-32-35-23-22-31(33-14-9-15-34(37(33)35)36(32)24-28)30-13-8-7-12-29(30)27-18-16-26(17-19-27)25-10-5-4-6-11-25;1-32(2,3)22-16-17-26-29-19-18-25(27-14-9-15-28(31(27)29)30(26)20-22)24-13-8-7-12-23(24)21-10-5-4-6-11-21/h2*1-26H;4-24H,1-3H3;4-20H,1-3H3. The second-order valence-corrected chi connectivity index (χ2v) is 42.2. The Morgan fingerprint density at radius 2 is 0.253 bits per heavy atom. The number of hydrogen-bond donors (Lipinski definition) is 0. The smallest absolute Gasteiger partial charge is 0.00201 e. The maximum absolute atomic E-state index is 2.41. The van der Waals surface area contributed by atoms with Crippen LogP contribution in [0.5, 0.6) is 0 Å². The molecule has 0 saturated heterocycles. The largest absolute Gasteiger partial charge is 0.0622 e. The molecule has 0 heteroatoms. The van der Waals surface area contributed by atoms with Crippen LogP contribution in [0.25, 0.3) is 277 Å². The minimum atomic E-state index is 0.123. The highest BCUT2D eigenvalue weighted by molar-refractivity contribution is 6.24. The van der Waals surface area contributed by atoms with Crippen molar-refractivity contribution in [3.8, 4) is 234 Å². The molecule has 29 rings (SSSR count). The molecule has 150 heavy (non-hydrogen) atoms. The number of hydrogen-bond acceptors (Lipinski definition) is 0. The van der Waals surface area contributed by atoms with Crippen molar-refractivity contribution in [3.05, 3.63) is 557 Å². The van der Waals surface area contributed by atoms with Crippen molar-refractivity contribution in [2.75, 3.05) is 0 Å². The number of benzene rings is 25. The molecule has 0 atom stereocenters. The lowest BCUT2D eigenvalue weighted by Gasteiger charge is -2.20. The van der Waals surface area contributed by atoms with Crippen LogP contribution in [-0.4, -0.2) is 0 Å². The van der Waals surface area contributed by atoms with Gasteiger partial charge in [-0.25, -0.2) is 0 Å². The van der Waals surface area contributed by atoms with E-state index in [1.54, 1.807) is 0 Å². The van der Waals surface area contributed by atoms with Crippen molar-refractivity contribution in [1.82, 2.24) is 0 Å². The van der Waals surface area contributed by atoms with Crippen LogP contribution in [0.1, 0.15) is 52.7 Å². The molecule has 0 N–H and O–H groups in total. The van der Waals surface area contributed by atoms with E-state index in [9.17, 15) is 0 Å². The van der Waals surface area contributed by atoms with Crippen LogP contribution in [0.4, 0.5) is 0 Å². The maximum atomic E-state index is 2.41. The lowest BCUT2D eigenvalue weighted by atomic mass is 9.85. The Morgan fingerprint density at radius 1 is 0.0933 bits per heavy atom. The summed E-state index contributed by atoms with van der Waals surface area (Å²) in [5, 5.41) is 10.8. The van der Waals surface area contributed by atoms with E-state index in [1.165, 1.54) is 288 Å². The van der Waals surface area contributed by atoms with E-state index >= 15 is 0 Å². The van der Waals surface area contributed by atoms with Crippen LogP contribution >= 0.6 is 0 Å². The van der Waals surface area contributed by atoms with Crippen molar-refractivity contribution >= 4 is 43.1 Å². The van der Waals surface area contributed by atoms with Gasteiger partial charge in [-0.1, -0.05) is 557 Å². The number of fused-ring (bicyclic) bond motifs is 12. The summed E-state index contributed by atoms with van der Waals surface area (Å²) >= 11 is 0. The molecule has 0 amide bonds. The van der Waals surface area contributed by atoms with Gasteiger partial charge >= 0.3 is 0 Å². The Labute approximate surface area is 879 Å². The molecule has 0 aliphatic heterocycles. The van der Waals surface area contributed by atoms with Crippen LogP contribution in [0.2, 0.25) is 0 Å². The quantitative estimate of drug-likeness (QED) is 0.108. The van der Waals surface area contributed by atoms with Crippen molar-refractivity contribution < 1.29 is 0 Å². The molecular formula is C150H108. The SMILES string of the molecule is CC(C)(C)c1ccc2c(c1)-c1cccc3c(-c4ccccc4-c4ccc(-c5ccccc5)cc4)ccc-2c13.CC(C)(C)c1ccc2c(c1)-c1cccc3c(-c4ccccc4-c4ccccc4)ccc-2c13.c1ccc(-c2cccc(-c3cccc(-c4ccccc4-c4ccc5c6c(cccc46)-c4ccccc4-5)c3)c2)cc1.c1ccc(-c2ccccc2-c2cccc(-c3ccccc3-c3ccc4c5c(cccc35)-c3ccccc3-4)c2)cc1. The van der Waals surface area contributed by atoms with Crippen molar-refractivity contribution in [1.29, 1.82) is 0 Å². The topological polar surface area (TPSA) is 0 Å². The first kappa shape index (κ1) is 91.5. The van der Waals surface area contributed by atoms with Gasteiger partial charge in [0, 0.05) is 0 Å². The minimum absolute atomic E-state index is 0.123. The van der Waals surface area contributed by atoms with Crippen molar-refractivity contribution in [2.45, 2.75) is 52.4 Å². The van der Waals surface area contributed by atoms with Gasteiger partial charge in [-0.15, -0.1) is 0 Å². The monoisotopic (exact) mass is 1910 g/mol. The average molecular weight is 1910 g/mol.